The third-order valence-electron chi connectivity index (χ3n) is 3.45. The molecular weight excluding hydrogens is 276 g/mol. The van der Waals surface area contributed by atoms with Gasteiger partial charge in [-0.1, -0.05) is 28.8 Å². The first-order chi connectivity index (χ1) is 9.52. The van der Waals surface area contributed by atoms with E-state index < -0.39 is 0 Å². The Labute approximate surface area is 123 Å². The molecule has 108 valence electrons. The van der Waals surface area contributed by atoms with Crippen LogP contribution in [-0.2, 0) is 0 Å². The van der Waals surface area contributed by atoms with Crippen LogP contribution in [-0.4, -0.2) is 24.3 Å². The van der Waals surface area contributed by atoms with Crippen molar-refractivity contribution in [2.45, 2.75) is 25.9 Å². The molecule has 1 N–H and O–H groups in total. The zero-order chi connectivity index (χ0) is 14.7. The molecule has 2 rings (SSSR count). The van der Waals surface area contributed by atoms with Crippen molar-refractivity contribution in [2.24, 2.45) is 0 Å². The molecule has 1 aromatic heterocycles. The minimum atomic E-state index is 0.0334. The molecule has 0 amide bonds. The van der Waals surface area contributed by atoms with Crippen LogP contribution >= 0.6 is 11.6 Å². The van der Waals surface area contributed by atoms with Crippen LogP contribution in [0, 0.1) is 0 Å². The van der Waals surface area contributed by atoms with Gasteiger partial charge in [-0.25, -0.2) is 0 Å². The monoisotopic (exact) mass is 294 g/mol. The molecule has 0 fully saturated rings. The molecule has 20 heavy (non-hydrogen) atoms. The number of hydrogen-bond acceptors (Lipinski definition) is 5. The van der Waals surface area contributed by atoms with Gasteiger partial charge in [-0.2, -0.15) is 0 Å². The van der Waals surface area contributed by atoms with E-state index in [2.05, 4.69) is 22.4 Å². The lowest BCUT2D eigenvalue weighted by atomic mass is 10.1. The Hall–Kier alpha value is -1.59. The number of anilines is 1. The van der Waals surface area contributed by atoms with Gasteiger partial charge in [0.1, 0.15) is 0 Å². The summed E-state index contributed by atoms with van der Waals surface area (Å²) in [5, 5.41) is 11.9. The lowest BCUT2D eigenvalue weighted by Gasteiger charge is -2.23. The molecule has 1 aromatic carbocycles. The first-order valence-electron chi connectivity index (χ1n) is 6.52. The minimum absolute atomic E-state index is 0.0334. The highest BCUT2D eigenvalue weighted by Gasteiger charge is 2.19. The highest BCUT2D eigenvalue weighted by atomic mass is 35.5. The molecule has 5 nitrogen and oxygen atoms in total. The Morgan fingerprint density at radius 3 is 2.70 bits per heavy atom. The van der Waals surface area contributed by atoms with Gasteiger partial charge < -0.3 is 14.6 Å². The second kappa shape index (κ2) is 6.24. The van der Waals surface area contributed by atoms with Gasteiger partial charge in [0.2, 0.25) is 5.89 Å². The van der Waals surface area contributed by atoms with Gasteiger partial charge in [0.15, 0.2) is 0 Å². The van der Waals surface area contributed by atoms with E-state index in [1.165, 1.54) is 0 Å². The number of aromatic nitrogens is 2. The summed E-state index contributed by atoms with van der Waals surface area (Å²) in [6.45, 7) is 4.04. The van der Waals surface area contributed by atoms with Crippen molar-refractivity contribution in [3.63, 3.8) is 0 Å². The molecular formula is C14H19ClN4O. The number of benzene rings is 1. The van der Waals surface area contributed by atoms with E-state index in [0.717, 1.165) is 10.6 Å². The van der Waals surface area contributed by atoms with Crippen LogP contribution in [0.15, 0.2) is 28.7 Å². The lowest BCUT2D eigenvalue weighted by molar-refractivity contribution is 0.427. The van der Waals surface area contributed by atoms with Crippen molar-refractivity contribution in [1.82, 2.24) is 15.5 Å². The van der Waals surface area contributed by atoms with E-state index in [9.17, 15) is 0 Å². The van der Waals surface area contributed by atoms with Gasteiger partial charge in [-0.05, 0) is 38.6 Å². The third kappa shape index (κ3) is 3.11. The van der Waals surface area contributed by atoms with Gasteiger partial charge in [0.25, 0.3) is 0 Å². The van der Waals surface area contributed by atoms with Crippen molar-refractivity contribution in [1.29, 1.82) is 0 Å². The maximum absolute atomic E-state index is 6.03. The second-order valence-corrected chi connectivity index (χ2v) is 5.21. The second-order valence-electron chi connectivity index (χ2n) is 4.78. The summed E-state index contributed by atoms with van der Waals surface area (Å²) in [5.41, 5.74) is 1.10. The Balaban J connectivity index is 2.18. The van der Waals surface area contributed by atoms with Gasteiger partial charge in [0.05, 0.1) is 12.1 Å². The van der Waals surface area contributed by atoms with Crippen molar-refractivity contribution in [3.05, 3.63) is 40.7 Å². The standard InChI is InChI=1S/C14H19ClN4O/c1-9(16-3)13-17-18-14(20-13)19(4)10(2)11-6-5-7-12(15)8-11/h5-10,16H,1-4H3. The fourth-order valence-electron chi connectivity index (χ4n) is 1.82. The topological polar surface area (TPSA) is 54.2 Å². The van der Waals surface area contributed by atoms with Crippen LogP contribution in [0.1, 0.15) is 37.4 Å². The molecule has 0 saturated carbocycles. The molecule has 0 spiro atoms. The summed E-state index contributed by atoms with van der Waals surface area (Å²) in [5.74, 6) is 0.577. The van der Waals surface area contributed by atoms with E-state index in [0.29, 0.717) is 11.9 Å². The largest absolute Gasteiger partial charge is 0.406 e. The summed E-state index contributed by atoms with van der Waals surface area (Å²) < 4.78 is 5.68. The van der Waals surface area contributed by atoms with Gasteiger partial charge >= 0.3 is 6.01 Å². The van der Waals surface area contributed by atoms with Gasteiger partial charge in [-0.15, -0.1) is 5.10 Å². The minimum Gasteiger partial charge on any atom is -0.406 e. The fourth-order valence-corrected chi connectivity index (χ4v) is 2.02. The molecule has 0 aliphatic heterocycles. The molecule has 0 aliphatic rings. The van der Waals surface area contributed by atoms with Crippen LogP contribution in [0.2, 0.25) is 5.02 Å². The van der Waals surface area contributed by atoms with Crippen molar-refractivity contribution in [3.8, 4) is 0 Å². The SMILES string of the molecule is CNC(C)c1nnc(N(C)C(C)c2cccc(Cl)c2)o1. The summed E-state index contributed by atoms with van der Waals surface area (Å²) in [6.07, 6.45) is 0. The molecule has 0 radical (unpaired) electrons. The van der Waals surface area contributed by atoms with E-state index >= 15 is 0 Å². The van der Waals surface area contributed by atoms with Gasteiger partial charge in [0, 0.05) is 12.1 Å². The van der Waals surface area contributed by atoms with Gasteiger partial charge in [-0.3, -0.25) is 0 Å². The third-order valence-corrected chi connectivity index (χ3v) is 3.68. The van der Waals surface area contributed by atoms with Crippen LogP contribution in [0.4, 0.5) is 6.01 Å². The maximum Gasteiger partial charge on any atom is 0.318 e. The average molecular weight is 295 g/mol. The summed E-state index contributed by atoms with van der Waals surface area (Å²) in [4.78, 5) is 1.94. The molecule has 6 heteroatoms. The zero-order valence-electron chi connectivity index (χ0n) is 12.1. The molecule has 0 aliphatic carbocycles. The summed E-state index contributed by atoms with van der Waals surface area (Å²) >= 11 is 6.03. The maximum atomic E-state index is 6.03. The van der Waals surface area contributed by atoms with Crippen LogP contribution in [0.5, 0.6) is 0 Å². The van der Waals surface area contributed by atoms with Crippen LogP contribution in [0.25, 0.3) is 0 Å². The predicted octanol–water partition coefficient (Wildman–Crippen LogP) is 3.20. The van der Waals surface area contributed by atoms with Crippen molar-refractivity contribution < 1.29 is 4.42 Å². The number of nitrogens with zero attached hydrogens (tertiary/aromatic N) is 3. The lowest BCUT2D eigenvalue weighted by Crippen LogP contribution is -2.21. The quantitative estimate of drug-likeness (QED) is 0.918. The smallest absolute Gasteiger partial charge is 0.318 e. The molecule has 1 heterocycles. The molecule has 2 atom stereocenters. The fraction of sp³-hybridized carbons (Fsp3) is 0.429. The van der Waals surface area contributed by atoms with E-state index in [1.807, 2.05) is 50.2 Å². The number of halogens is 1. The number of nitrogens with one attached hydrogen (secondary N) is 1. The van der Waals surface area contributed by atoms with Crippen LogP contribution < -0.4 is 10.2 Å². The molecule has 2 unspecified atom stereocenters. The Bertz CT molecular complexity index is 572. The first kappa shape index (κ1) is 14.8. The van der Waals surface area contributed by atoms with Crippen molar-refractivity contribution >= 4 is 17.6 Å². The Kier molecular flexibility index (Phi) is 4.62. The highest BCUT2D eigenvalue weighted by molar-refractivity contribution is 6.30. The van der Waals surface area contributed by atoms with E-state index in [4.69, 9.17) is 16.0 Å². The first-order valence-corrected chi connectivity index (χ1v) is 6.89. The summed E-state index contributed by atoms with van der Waals surface area (Å²) in [7, 11) is 3.78. The highest BCUT2D eigenvalue weighted by Crippen LogP contribution is 2.26. The van der Waals surface area contributed by atoms with Crippen LogP contribution in [0.3, 0.4) is 0 Å². The van der Waals surface area contributed by atoms with E-state index in [1.54, 1.807) is 0 Å². The molecule has 2 aromatic rings. The van der Waals surface area contributed by atoms with E-state index in [-0.39, 0.29) is 12.1 Å². The zero-order valence-corrected chi connectivity index (χ0v) is 12.8. The predicted molar refractivity (Wildman–Crippen MR) is 80.0 cm³/mol. The average Bonchev–Trinajstić information content (AvgIpc) is 2.94. The Morgan fingerprint density at radius 2 is 2.05 bits per heavy atom. The van der Waals surface area contributed by atoms with Crippen molar-refractivity contribution in [2.75, 3.05) is 19.0 Å². The Morgan fingerprint density at radius 1 is 1.30 bits per heavy atom. The summed E-state index contributed by atoms with van der Waals surface area (Å²) in [6, 6.07) is 8.38. The number of rotatable bonds is 5. The number of hydrogen-bond donors (Lipinski definition) is 1. The molecule has 0 saturated heterocycles. The normalized spacial score (nSPS) is 14.1. The molecule has 0 bridgehead atoms.